The van der Waals surface area contributed by atoms with Gasteiger partial charge < -0.3 is 10.6 Å². The molecular formula is C17H18N6O3. The van der Waals surface area contributed by atoms with Gasteiger partial charge in [0.1, 0.15) is 5.54 Å². The van der Waals surface area contributed by atoms with Crippen LogP contribution < -0.4 is 16.0 Å². The molecule has 3 N–H and O–H groups in total. The highest BCUT2D eigenvalue weighted by Crippen LogP contribution is 2.41. The fourth-order valence-corrected chi connectivity index (χ4v) is 3.19. The van der Waals surface area contributed by atoms with Crippen molar-refractivity contribution in [3.05, 3.63) is 41.7 Å². The minimum absolute atomic E-state index is 0.0192. The zero-order valence-corrected chi connectivity index (χ0v) is 14.2. The van der Waals surface area contributed by atoms with E-state index in [0.717, 1.165) is 24.1 Å². The molecule has 0 unspecified atom stereocenters. The van der Waals surface area contributed by atoms with E-state index in [-0.39, 0.29) is 18.2 Å². The molecule has 4 amide bonds. The van der Waals surface area contributed by atoms with Gasteiger partial charge in [-0.15, -0.1) is 5.10 Å². The van der Waals surface area contributed by atoms with Crippen LogP contribution in [0.1, 0.15) is 28.9 Å². The first-order chi connectivity index (χ1) is 12.5. The predicted octanol–water partition coefficient (Wildman–Crippen LogP) is 0.294. The normalized spacial score (nSPS) is 22.0. The van der Waals surface area contributed by atoms with Gasteiger partial charge in [-0.2, -0.15) is 9.90 Å². The average molecular weight is 354 g/mol. The monoisotopic (exact) mass is 354 g/mol. The van der Waals surface area contributed by atoms with E-state index in [0.29, 0.717) is 0 Å². The van der Waals surface area contributed by atoms with Gasteiger partial charge >= 0.3 is 6.03 Å². The van der Waals surface area contributed by atoms with Crippen LogP contribution in [0.2, 0.25) is 0 Å². The molecular weight excluding hydrogens is 336 g/mol. The Morgan fingerprint density at radius 1 is 1.38 bits per heavy atom. The SMILES string of the molecule is Cc1cccc(-n2ncc(C(=O)NC[C@@]3(C4CC4)NC(=O)NC3=O)n2)c1. The molecule has 1 aliphatic heterocycles. The average Bonchev–Trinajstić information content (AvgIpc) is 3.27. The van der Waals surface area contributed by atoms with Gasteiger partial charge in [0.2, 0.25) is 0 Å². The molecule has 2 aliphatic rings. The first-order valence-corrected chi connectivity index (χ1v) is 8.39. The van der Waals surface area contributed by atoms with Crippen molar-refractivity contribution in [1.82, 2.24) is 30.9 Å². The minimum Gasteiger partial charge on any atom is -0.348 e. The Bertz CT molecular complexity index is 903. The van der Waals surface area contributed by atoms with Crippen LogP contribution >= 0.6 is 0 Å². The number of hydrogen-bond acceptors (Lipinski definition) is 5. The molecule has 4 rings (SSSR count). The van der Waals surface area contributed by atoms with Crippen molar-refractivity contribution in [3.8, 4) is 5.69 Å². The number of carbonyl (C=O) groups excluding carboxylic acids is 3. The lowest BCUT2D eigenvalue weighted by atomic mass is 9.93. The number of nitrogens with zero attached hydrogens (tertiary/aromatic N) is 3. The van der Waals surface area contributed by atoms with E-state index in [1.165, 1.54) is 11.0 Å². The second kappa shape index (κ2) is 5.94. The number of amides is 4. The standard InChI is InChI=1S/C17H18N6O3/c1-10-3-2-4-12(7-10)23-19-8-13(22-23)14(24)18-9-17(11-5-6-11)15(25)20-16(26)21-17/h2-4,7-8,11H,5-6,9H2,1H3,(H,18,24)(H2,20,21,25,26)/t17-/m0/s1. The van der Waals surface area contributed by atoms with Crippen LogP contribution in [-0.2, 0) is 4.79 Å². The Morgan fingerprint density at radius 2 is 2.19 bits per heavy atom. The second-order valence-corrected chi connectivity index (χ2v) is 6.69. The summed E-state index contributed by atoms with van der Waals surface area (Å²) in [6.45, 7) is 1.98. The number of imide groups is 1. The van der Waals surface area contributed by atoms with Crippen LogP contribution in [0.4, 0.5) is 4.79 Å². The number of nitrogens with one attached hydrogen (secondary N) is 3. The Morgan fingerprint density at radius 3 is 2.85 bits per heavy atom. The van der Waals surface area contributed by atoms with Crippen LogP contribution in [0.15, 0.2) is 30.5 Å². The number of rotatable bonds is 5. The van der Waals surface area contributed by atoms with Crippen LogP contribution in [0, 0.1) is 12.8 Å². The maximum atomic E-state index is 12.4. The molecule has 1 atom stereocenters. The Kier molecular flexibility index (Phi) is 3.71. The van der Waals surface area contributed by atoms with Crippen LogP contribution in [0.3, 0.4) is 0 Å². The largest absolute Gasteiger partial charge is 0.348 e. The highest BCUT2D eigenvalue weighted by molar-refractivity contribution is 6.08. The minimum atomic E-state index is -1.07. The van der Waals surface area contributed by atoms with Crippen molar-refractivity contribution in [1.29, 1.82) is 0 Å². The van der Waals surface area contributed by atoms with Gasteiger partial charge in [0.05, 0.1) is 18.4 Å². The van der Waals surface area contributed by atoms with E-state index in [1.807, 2.05) is 31.2 Å². The molecule has 9 heteroatoms. The number of hydrogen-bond donors (Lipinski definition) is 3. The zero-order chi connectivity index (χ0) is 18.3. The van der Waals surface area contributed by atoms with Crippen LogP contribution in [-0.4, -0.2) is 44.9 Å². The quantitative estimate of drug-likeness (QED) is 0.667. The molecule has 1 saturated heterocycles. The van der Waals surface area contributed by atoms with Crippen molar-refractivity contribution < 1.29 is 14.4 Å². The van der Waals surface area contributed by atoms with Gasteiger partial charge in [-0.25, -0.2) is 4.79 Å². The molecule has 1 aromatic heterocycles. The third-order valence-electron chi connectivity index (χ3n) is 4.73. The van der Waals surface area contributed by atoms with E-state index in [1.54, 1.807) is 0 Å². The van der Waals surface area contributed by atoms with Crippen molar-refractivity contribution in [2.24, 2.45) is 5.92 Å². The maximum Gasteiger partial charge on any atom is 0.322 e. The van der Waals surface area contributed by atoms with Gasteiger partial charge in [-0.3, -0.25) is 14.9 Å². The molecule has 0 spiro atoms. The Balaban J connectivity index is 1.47. The Labute approximate surface area is 149 Å². The van der Waals surface area contributed by atoms with Gasteiger partial charge in [0.25, 0.3) is 11.8 Å². The number of aryl methyl sites for hydroxylation is 1. The molecule has 9 nitrogen and oxygen atoms in total. The van der Waals surface area contributed by atoms with Crippen molar-refractivity contribution in [2.75, 3.05) is 6.54 Å². The fourth-order valence-electron chi connectivity index (χ4n) is 3.19. The maximum absolute atomic E-state index is 12.4. The van der Waals surface area contributed by atoms with Crippen molar-refractivity contribution in [3.63, 3.8) is 0 Å². The van der Waals surface area contributed by atoms with Gasteiger partial charge in [0.15, 0.2) is 5.69 Å². The predicted molar refractivity (Wildman–Crippen MR) is 90.6 cm³/mol. The third-order valence-corrected chi connectivity index (χ3v) is 4.73. The van der Waals surface area contributed by atoms with Gasteiger partial charge in [-0.1, -0.05) is 12.1 Å². The van der Waals surface area contributed by atoms with E-state index in [2.05, 4.69) is 26.1 Å². The molecule has 2 aromatic rings. The molecule has 2 heterocycles. The summed E-state index contributed by atoms with van der Waals surface area (Å²) in [5.41, 5.74) is 0.877. The summed E-state index contributed by atoms with van der Waals surface area (Å²) < 4.78 is 0. The second-order valence-electron chi connectivity index (χ2n) is 6.69. The van der Waals surface area contributed by atoms with E-state index >= 15 is 0 Å². The molecule has 1 aromatic carbocycles. The van der Waals surface area contributed by atoms with E-state index in [4.69, 9.17) is 0 Å². The van der Waals surface area contributed by atoms with Crippen molar-refractivity contribution >= 4 is 17.8 Å². The van der Waals surface area contributed by atoms with Crippen LogP contribution in [0.5, 0.6) is 0 Å². The number of urea groups is 1. The summed E-state index contributed by atoms with van der Waals surface area (Å²) in [4.78, 5) is 37.5. The molecule has 26 heavy (non-hydrogen) atoms. The smallest absolute Gasteiger partial charge is 0.322 e. The van der Waals surface area contributed by atoms with Crippen LogP contribution in [0.25, 0.3) is 5.69 Å². The first kappa shape index (κ1) is 16.2. The highest BCUT2D eigenvalue weighted by atomic mass is 16.2. The van der Waals surface area contributed by atoms with Crippen molar-refractivity contribution in [2.45, 2.75) is 25.3 Å². The van der Waals surface area contributed by atoms with Gasteiger partial charge in [-0.05, 0) is 43.4 Å². The molecule has 1 saturated carbocycles. The molecule has 2 fully saturated rings. The lowest BCUT2D eigenvalue weighted by Gasteiger charge is -2.25. The molecule has 134 valence electrons. The summed E-state index contributed by atoms with van der Waals surface area (Å²) in [7, 11) is 0. The lowest BCUT2D eigenvalue weighted by molar-refractivity contribution is -0.124. The fraction of sp³-hybridized carbons (Fsp3) is 0.353. The van der Waals surface area contributed by atoms with E-state index < -0.39 is 23.4 Å². The summed E-state index contributed by atoms with van der Waals surface area (Å²) >= 11 is 0. The topological polar surface area (TPSA) is 118 Å². The summed E-state index contributed by atoms with van der Waals surface area (Å²) in [5, 5.41) is 15.9. The summed E-state index contributed by atoms with van der Waals surface area (Å²) in [5.74, 6) is -0.802. The number of carbonyl (C=O) groups is 3. The lowest BCUT2D eigenvalue weighted by Crippen LogP contribution is -2.57. The third kappa shape index (κ3) is 2.81. The highest BCUT2D eigenvalue weighted by Gasteiger charge is 2.56. The molecule has 0 bridgehead atoms. The zero-order valence-electron chi connectivity index (χ0n) is 14.2. The molecule has 1 aliphatic carbocycles. The Hall–Kier alpha value is -3.23. The van der Waals surface area contributed by atoms with E-state index in [9.17, 15) is 14.4 Å². The van der Waals surface area contributed by atoms with Gasteiger partial charge in [0, 0.05) is 0 Å². The first-order valence-electron chi connectivity index (χ1n) is 8.39. The summed E-state index contributed by atoms with van der Waals surface area (Å²) in [6, 6.07) is 7.06. The number of benzene rings is 1. The molecule has 0 radical (unpaired) electrons. The number of aromatic nitrogens is 3. The summed E-state index contributed by atoms with van der Waals surface area (Å²) in [6.07, 6.45) is 3.05.